The summed E-state index contributed by atoms with van der Waals surface area (Å²) in [6, 6.07) is 2.20. The molecule has 1 unspecified atom stereocenters. The highest BCUT2D eigenvalue weighted by atomic mass is 79.9. The van der Waals surface area contributed by atoms with Gasteiger partial charge >= 0.3 is 0 Å². The molecular formula is C13H21BrN2O2. The van der Waals surface area contributed by atoms with E-state index in [0.717, 1.165) is 11.0 Å². The summed E-state index contributed by atoms with van der Waals surface area (Å²) >= 11 is 3.51. The van der Waals surface area contributed by atoms with Crippen LogP contribution in [0.3, 0.4) is 0 Å². The third-order valence-corrected chi connectivity index (χ3v) is 3.57. The molecule has 0 aliphatic rings. The monoisotopic (exact) mass is 316 g/mol. The zero-order chi connectivity index (χ0) is 13.5. The molecule has 0 spiro atoms. The van der Waals surface area contributed by atoms with Crippen molar-refractivity contribution in [3.8, 4) is 11.5 Å². The summed E-state index contributed by atoms with van der Waals surface area (Å²) in [5, 5.41) is 4.38. The summed E-state index contributed by atoms with van der Waals surface area (Å²) in [5.74, 6) is 1.97. The molecule has 0 radical (unpaired) electrons. The van der Waals surface area contributed by atoms with Crippen LogP contribution in [0.5, 0.6) is 11.5 Å². The number of ether oxygens (including phenoxy) is 2. The Morgan fingerprint density at radius 2 is 2.06 bits per heavy atom. The fourth-order valence-electron chi connectivity index (χ4n) is 1.67. The van der Waals surface area contributed by atoms with Crippen molar-refractivity contribution in [1.29, 1.82) is 0 Å². The molecule has 18 heavy (non-hydrogen) atoms. The molecule has 0 bridgehead atoms. The van der Waals surface area contributed by atoms with E-state index in [0.29, 0.717) is 30.0 Å². The highest BCUT2D eigenvalue weighted by Gasteiger charge is 2.15. The Hall–Kier alpha value is -0.810. The fraction of sp³-hybridized carbons (Fsp3) is 0.615. The van der Waals surface area contributed by atoms with E-state index >= 15 is 0 Å². The average Bonchev–Trinajstić information content (AvgIpc) is 2.38. The van der Waals surface area contributed by atoms with Crippen LogP contribution >= 0.6 is 15.9 Å². The van der Waals surface area contributed by atoms with E-state index in [9.17, 15) is 0 Å². The van der Waals surface area contributed by atoms with Gasteiger partial charge in [0, 0.05) is 30.2 Å². The van der Waals surface area contributed by atoms with Crippen LogP contribution in [0.25, 0.3) is 0 Å². The maximum absolute atomic E-state index is 5.35. The van der Waals surface area contributed by atoms with E-state index < -0.39 is 0 Å². The second-order valence-electron chi connectivity index (χ2n) is 4.38. The molecule has 1 N–H and O–H groups in total. The first-order chi connectivity index (χ1) is 8.63. The van der Waals surface area contributed by atoms with Gasteiger partial charge in [0.1, 0.15) is 0 Å². The zero-order valence-electron chi connectivity index (χ0n) is 11.4. The van der Waals surface area contributed by atoms with Gasteiger partial charge in [0.25, 0.3) is 0 Å². The molecular weight excluding hydrogens is 296 g/mol. The van der Waals surface area contributed by atoms with Gasteiger partial charge in [-0.15, -0.1) is 0 Å². The van der Waals surface area contributed by atoms with Crippen LogP contribution in [0, 0.1) is 5.92 Å². The van der Waals surface area contributed by atoms with Gasteiger partial charge in [0.2, 0.25) is 0 Å². The first-order valence-electron chi connectivity index (χ1n) is 5.99. The maximum atomic E-state index is 5.35. The van der Waals surface area contributed by atoms with E-state index in [4.69, 9.17) is 9.47 Å². The number of pyridine rings is 1. The van der Waals surface area contributed by atoms with Gasteiger partial charge in [0.15, 0.2) is 11.5 Å². The summed E-state index contributed by atoms with van der Waals surface area (Å²) in [7, 11) is 3.26. The summed E-state index contributed by atoms with van der Waals surface area (Å²) in [4.78, 5) is 4.34. The van der Waals surface area contributed by atoms with Crippen molar-refractivity contribution in [3.63, 3.8) is 0 Å². The Morgan fingerprint density at radius 3 is 2.56 bits per heavy atom. The van der Waals surface area contributed by atoms with Crippen molar-refractivity contribution in [2.24, 2.45) is 5.92 Å². The van der Waals surface area contributed by atoms with Gasteiger partial charge < -0.3 is 14.8 Å². The molecule has 5 heteroatoms. The molecule has 0 aliphatic heterocycles. The lowest BCUT2D eigenvalue weighted by Gasteiger charge is -2.20. The topological polar surface area (TPSA) is 43.4 Å². The summed E-state index contributed by atoms with van der Waals surface area (Å²) in [6.45, 7) is 5.04. The smallest absolute Gasteiger partial charge is 0.183 e. The van der Waals surface area contributed by atoms with Crippen molar-refractivity contribution in [2.75, 3.05) is 19.5 Å². The molecule has 1 aromatic heterocycles. The Bertz CT molecular complexity index is 372. The summed E-state index contributed by atoms with van der Waals surface area (Å²) in [5.41, 5.74) is 0.864. The minimum atomic E-state index is 0.405. The predicted octanol–water partition coefficient (Wildman–Crippen LogP) is 2.61. The van der Waals surface area contributed by atoms with Gasteiger partial charge in [-0.1, -0.05) is 29.8 Å². The van der Waals surface area contributed by atoms with Crippen LogP contribution < -0.4 is 14.8 Å². The van der Waals surface area contributed by atoms with E-state index in [1.54, 1.807) is 26.5 Å². The highest BCUT2D eigenvalue weighted by molar-refractivity contribution is 9.09. The molecule has 0 fully saturated rings. The van der Waals surface area contributed by atoms with Gasteiger partial charge in [0.05, 0.1) is 19.9 Å². The predicted molar refractivity (Wildman–Crippen MR) is 76.6 cm³/mol. The number of nitrogens with one attached hydrogen (secondary N) is 1. The second kappa shape index (κ2) is 7.59. The van der Waals surface area contributed by atoms with Crippen LogP contribution in [-0.2, 0) is 6.54 Å². The van der Waals surface area contributed by atoms with Gasteiger partial charge in [-0.3, -0.25) is 4.98 Å². The molecule has 1 rings (SSSR count). The van der Waals surface area contributed by atoms with E-state index in [1.165, 1.54) is 0 Å². The van der Waals surface area contributed by atoms with Crippen LogP contribution in [0.15, 0.2) is 12.3 Å². The lowest BCUT2D eigenvalue weighted by atomic mass is 10.1. The number of aromatic nitrogens is 1. The van der Waals surface area contributed by atoms with Crippen molar-refractivity contribution in [3.05, 3.63) is 18.0 Å². The Kier molecular flexibility index (Phi) is 6.43. The van der Waals surface area contributed by atoms with Crippen LogP contribution in [0.4, 0.5) is 0 Å². The van der Waals surface area contributed by atoms with Crippen LogP contribution in [0.2, 0.25) is 0 Å². The van der Waals surface area contributed by atoms with Crippen molar-refractivity contribution >= 4 is 15.9 Å². The third-order valence-electron chi connectivity index (χ3n) is 2.87. The van der Waals surface area contributed by atoms with E-state index in [-0.39, 0.29) is 0 Å². The Morgan fingerprint density at radius 1 is 1.33 bits per heavy atom. The standard InChI is InChI=1S/C13H21BrN2O2/c1-9(2)10(7-14)16-8-11-13(18-4)12(17-3)5-6-15-11/h5-6,9-10,16H,7-8H2,1-4H3. The van der Waals surface area contributed by atoms with E-state index in [2.05, 4.69) is 40.1 Å². The number of nitrogens with zero attached hydrogens (tertiary/aromatic N) is 1. The lowest BCUT2D eigenvalue weighted by molar-refractivity contribution is 0.345. The molecule has 0 amide bonds. The molecule has 0 saturated carbocycles. The SMILES string of the molecule is COc1ccnc(CNC(CBr)C(C)C)c1OC. The first-order valence-corrected chi connectivity index (χ1v) is 7.11. The number of hydrogen-bond donors (Lipinski definition) is 1. The van der Waals surface area contributed by atoms with Crippen molar-refractivity contribution in [1.82, 2.24) is 10.3 Å². The lowest BCUT2D eigenvalue weighted by Crippen LogP contribution is -2.35. The summed E-state index contributed by atoms with van der Waals surface area (Å²) in [6.07, 6.45) is 1.73. The van der Waals surface area contributed by atoms with Gasteiger partial charge in [-0.2, -0.15) is 0 Å². The van der Waals surface area contributed by atoms with Crippen molar-refractivity contribution < 1.29 is 9.47 Å². The Labute approximate surface area is 117 Å². The minimum Gasteiger partial charge on any atom is -0.493 e. The average molecular weight is 317 g/mol. The first kappa shape index (κ1) is 15.2. The van der Waals surface area contributed by atoms with Crippen molar-refractivity contribution in [2.45, 2.75) is 26.4 Å². The molecule has 102 valence electrons. The molecule has 1 aromatic rings. The summed E-state index contributed by atoms with van der Waals surface area (Å²) < 4.78 is 10.6. The molecule has 1 atom stereocenters. The number of alkyl halides is 1. The third kappa shape index (κ3) is 3.85. The number of hydrogen-bond acceptors (Lipinski definition) is 4. The van der Waals surface area contributed by atoms with Crippen LogP contribution in [0.1, 0.15) is 19.5 Å². The highest BCUT2D eigenvalue weighted by Crippen LogP contribution is 2.28. The number of methoxy groups -OCH3 is 2. The molecule has 0 aliphatic carbocycles. The minimum absolute atomic E-state index is 0.405. The van der Waals surface area contributed by atoms with Gasteiger partial charge in [-0.25, -0.2) is 0 Å². The largest absolute Gasteiger partial charge is 0.493 e. The van der Waals surface area contributed by atoms with Crippen LogP contribution in [-0.4, -0.2) is 30.6 Å². The second-order valence-corrected chi connectivity index (χ2v) is 5.03. The molecule has 1 heterocycles. The Balaban J connectivity index is 2.78. The number of rotatable bonds is 7. The molecule has 0 aromatic carbocycles. The molecule has 0 saturated heterocycles. The molecule has 4 nitrogen and oxygen atoms in total. The maximum Gasteiger partial charge on any atom is 0.183 e. The quantitative estimate of drug-likeness (QED) is 0.785. The number of halogens is 1. The van der Waals surface area contributed by atoms with Gasteiger partial charge in [-0.05, 0) is 5.92 Å². The van der Waals surface area contributed by atoms with E-state index in [1.807, 2.05) is 0 Å². The fourth-order valence-corrected chi connectivity index (χ4v) is 2.65. The zero-order valence-corrected chi connectivity index (χ0v) is 13.0. The normalized spacial score (nSPS) is 12.6.